The van der Waals surface area contributed by atoms with E-state index in [1.807, 2.05) is 37.3 Å². The van der Waals surface area contributed by atoms with Gasteiger partial charge in [0.05, 0.1) is 20.3 Å². The fourth-order valence-corrected chi connectivity index (χ4v) is 3.97. The van der Waals surface area contributed by atoms with Gasteiger partial charge in [-0.1, -0.05) is 25.5 Å². The molecule has 1 fully saturated rings. The molecule has 1 N–H and O–H groups in total. The first kappa shape index (κ1) is 22.0. The predicted octanol–water partition coefficient (Wildman–Crippen LogP) is 3.84. The fourth-order valence-electron chi connectivity index (χ4n) is 3.97. The fraction of sp³-hybridized carbons (Fsp3) is 0.360. The third-order valence-corrected chi connectivity index (χ3v) is 5.65. The van der Waals surface area contributed by atoms with Crippen LogP contribution in [0.4, 0.5) is 5.69 Å². The molecule has 0 aliphatic carbocycles. The minimum absolute atomic E-state index is 0.0255. The zero-order valence-corrected chi connectivity index (χ0v) is 18.5. The number of methoxy groups -OCH3 is 1. The number of carbonyl (C=O) groups excluding carboxylic acids is 1. The third-order valence-electron chi connectivity index (χ3n) is 5.65. The van der Waals surface area contributed by atoms with E-state index in [2.05, 4.69) is 10.2 Å². The molecular formula is C25H28N2O5. The third kappa shape index (κ3) is 4.84. The first-order valence-corrected chi connectivity index (χ1v) is 10.9. The van der Waals surface area contributed by atoms with E-state index in [1.54, 1.807) is 19.2 Å². The van der Waals surface area contributed by atoms with Gasteiger partial charge in [0.15, 0.2) is 0 Å². The number of aryl methyl sites for hydroxylation is 1. The molecule has 1 amide bonds. The number of morpholine rings is 1. The van der Waals surface area contributed by atoms with Crippen molar-refractivity contribution < 1.29 is 18.7 Å². The van der Waals surface area contributed by atoms with Crippen LogP contribution in [-0.4, -0.2) is 44.2 Å². The molecule has 3 aromatic rings. The number of amides is 1. The Morgan fingerprint density at radius 3 is 2.56 bits per heavy atom. The molecule has 0 atom stereocenters. The monoisotopic (exact) mass is 436 g/mol. The lowest BCUT2D eigenvalue weighted by Crippen LogP contribution is -2.35. The number of benzene rings is 2. The second-order valence-electron chi connectivity index (χ2n) is 7.90. The summed E-state index contributed by atoms with van der Waals surface area (Å²) in [7, 11) is 1.59. The molecule has 4 rings (SSSR count). The Hall–Kier alpha value is -3.16. The highest BCUT2D eigenvalue weighted by atomic mass is 16.5. The van der Waals surface area contributed by atoms with Crippen LogP contribution in [0.1, 0.15) is 34.8 Å². The average Bonchev–Trinajstić information content (AvgIpc) is 2.81. The molecule has 7 heteroatoms. The highest BCUT2D eigenvalue weighted by molar-refractivity contribution is 6.05. The zero-order chi connectivity index (χ0) is 22.5. The molecule has 7 nitrogen and oxygen atoms in total. The summed E-state index contributed by atoms with van der Waals surface area (Å²) in [6.07, 6.45) is 1.59. The van der Waals surface area contributed by atoms with E-state index in [0.717, 1.165) is 50.4 Å². The van der Waals surface area contributed by atoms with Gasteiger partial charge in [-0.2, -0.15) is 0 Å². The second kappa shape index (κ2) is 9.97. The quantitative estimate of drug-likeness (QED) is 0.567. The van der Waals surface area contributed by atoms with E-state index in [9.17, 15) is 9.59 Å². The van der Waals surface area contributed by atoms with Gasteiger partial charge in [0.2, 0.25) is 0 Å². The van der Waals surface area contributed by atoms with Gasteiger partial charge in [0, 0.05) is 36.3 Å². The van der Waals surface area contributed by atoms with Crippen molar-refractivity contribution in [2.75, 3.05) is 38.7 Å². The van der Waals surface area contributed by atoms with E-state index in [-0.39, 0.29) is 5.56 Å². The Morgan fingerprint density at radius 2 is 1.88 bits per heavy atom. The zero-order valence-electron chi connectivity index (χ0n) is 18.5. The number of hydrogen-bond acceptors (Lipinski definition) is 6. The molecule has 1 aliphatic heterocycles. The number of anilines is 1. The van der Waals surface area contributed by atoms with Crippen molar-refractivity contribution in [1.29, 1.82) is 0 Å². The van der Waals surface area contributed by atoms with Crippen molar-refractivity contribution >= 4 is 22.6 Å². The van der Waals surface area contributed by atoms with Gasteiger partial charge in [-0.15, -0.1) is 0 Å². The Bertz CT molecular complexity index is 1150. The summed E-state index contributed by atoms with van der Waals surface area (Å²) in [5, 5.41) is 3.49. The largest absolute Gasteiger partial charge is 0.496 e. The lowest BCUT2D eigenvalue weighted by molar-refractivity contribution is 0.0342. The Morgan fingerprint density at radius 1 is 1.12 bits per heavy atom. The Balaban J connectivity index is 1.52. The van der Waals surface area contributed by atoms with Crippen molar-refractivity contribution in [3.05, 3.63) is 69.6 Å². The Labute approximate surface area is 186 Å². The van der Waals surface area contributed by atoms with Crippen LogP contribution in [0.5, 0.6) is 5.75 Å². The van der Waals surface area contributed by atoms with Gasteiger partial charge in [0.25, 0.3) is 5.91 Å². The molecule has 0 spiro atoms. The maximum atomic E-state index is 12.8. The summed E-state index contributed by atoms with van der Waals surface area (Å²) >= 11 is 0. The van der Waals surface area contributed by atoms with Gasteiger partial charge in [-0.25, -0.2) is 4.79 Å². The van der Waals surface area contributed by atoms with Crippen LogP contribution in [0.25, 0.3) is 11.0 Å². The summed E-state index contributed by atoms with van der Waals surface area (Å²) in [4.78, 5) is 27.7. The average molecular weight is 437 g/mol. The molecule has 1 saturated heterocycles. The van der Waals surface area contributed by atoms with E-state index >= 15 is 0 Å². The molecule has 2 aromatic carbocycles. The maximum absolute atomic E-state index is 12.8. The number of rotatable bonds is 7. The summed E-state index contributed by atoms with van der Waals surface area (Å²) in [6.45, 7) is 6.24. The number of nitrogens with zero attached hydrogens (tertiary/aromatic N) is 1. The number of carbonyl (C=O) groups is 1. The standard InChI is InChI=1S/C25H28N2O5/c1-3-4-20-22(30-2)10-7-18-15-21(25(29)32-23(18)20)24(28)26-19-8-5-17(6-9-19)16-27-11-13-31-14-12-27/h5-10,15H,3-4,11-14,16H2,1-2H3,(H,26,28). The molecule has 32 heavy (non-hydrogen) atoms. The van der Waals surface area contributed by atoms with Crippen LogP contribution in [0.3, 0.4) is 0 Å². The van der Waals surface area contributed by atoms with Crippen molar-refractivity contribution in [3.63, 3.8) is 0 Å². The second-order valence-corrected chi connectivity index (χ2v) is 7.90. The molecule has 1 aromatic heterocycles. The smallest absolute Gasteiger partial charge is 0.349 e. The minimum atomic E-state index is -0.662. The van der Waals surface area contributed by atoms with Gasteiger partial charge < -0.3 is 19.2 Å². The van der Waals surface area contributed by atoms with Gasteiger partial charge >= 0.3 is 5.63 Å². The van der Waals surface area contributed by atoms with E-state index in [4.69, 9.17) is 13.9 Å². The highest BCUT2D eigenvalue weighted by Gasteiger charge is 2.18. The Kier molecular flexibility index (Phi) is 6.87. The summed E-state index contributed by atoms with van der Waals surface area (Å²) < 4.78 is 16.4. The minimum Gasteiger partial charge on any atom is -0.496 e. The molecular weight excluding hydrogens is 408 g/mol. The number of ether oxygens (including phenoxy) is 2. The number of hydrogen-bond donors (Lipinski definition) is 1. The molecule has 0 saturated carbocycles. The summed E-state index contributed by atoms with van der Waals surface area (Å²) in [6, 6.07) is 12.9. The molecule has 2 heterocycles. The van der Waals surface area contributed by atoms with Crippen LogP contribution >= 0.6 is 0 Å². The molecule has 168 valence electrons. The van der Waals surface area contributed by atoms with Crippen molar-refractivity contribution in [3.8, 4) is 5.75 Å². The van der Waals surface area contributed by atoms with Crippen LogP contribution in [0.2, 0.25) is 0 Å². The van der Waals surface area contributed by atoms with Gasteiger partial charge in [-0.3, -0.25) is 9.69 Å². The molecule has 0 unspecified atom stereocenters. The van der Waals surface area contributed by atoms with Gasteiger partial charge in [-0.05, 0) is 42.3 Å². The van der Waals surface area contributed by atoms with Crippen LogP contribution < -0.4 is 15.7 Å². The lowest BCUT2D eigenvalue weighted by Gasteiger charge is -2.26. The first-order chi connectivity index (χ1) is 15.6. The van der Waals surface area contributed by atoms with Crippen molar-refractivity contribution in [2.45, 2.75) is 26.3 Å². The number of fused-ring (bicyclic) bond motifs is 1. The van der Waals surface area contributed by atoms with Crippen LogP contribution in [-0.2, 0) is 17.7 Å². The molecule has 0 radical (unpaired) electrons. The van der Waals surface area contributed by atoms with Crippen molar-refractivity contribution in [1.82, 2.24) is 4.90 Å². The predicted molar refractivity (Wildman–Crippen MR) is 124 cm³/mol. The normalized spacial score (nSPS) is 14.4. The summed E-state index contributed by atoms with van der Waals surface area (Å²) in [5.41, 5.74) is 2.41. The number of nitrogens with one attached hydrogen (secondary N) is 1. The van der Waals surface area contributed by atoms with Crippen molar-refractivity contribution in [2.24, 2.45) is 0 Å². The maximum Gasteiger partial charge on any atom is 0.349 e. The van der Waals surface area contributed by atoms with E-state index in [0.29, 0.717) is 28.8 Å². The lowest BCUT2D eigenvalue weighted by atomic mass is 10.0. The first-order valence-electron chi connectivity index (χ1n) is 10.9. The SMILES string of the molecule is CCCc1c(OC)ccc2cc(C(=O)Nc3ccc(CN4CCOCC4)cc3)c(=O)oc12. The molecule has 1 aliphatic rings. The van der Waals surface area contributed by atoms with Crippen LogP contribution in [0, 0.1) is 0 Å². The van der Waals surface area contributed by atoms with Crippen LogP contribution in [0.15, 0.2) is 51.7 Å². The van der Waals surface area contributed by atoms with E-state index in [1.165, 1.54) is 0 Å². The summed E-state index contributed by atoms with van der Waals surface area (Å²) in [5.74, 6) is 0.186. The topological polar surface area (TPSA) is 81.0 Å². The van der Waals surface area contributed by atoms with Gasteiger partial charge in [0.1, 0.15) is 16.9 Å². The van der Waals surface area contributed by atoms with E-state index < -0.39 is 11.5 Å². The highest BCUT2D eigenvalue weighted by Crippen LogP contribution is 2.29. The molecule has 0 bridgehead atoms.